The molecule has 2 aromatic rings. The fourth-order valence-electron chi connectivity index (χ4n) is 1.12. The third-order valence-corrected chi connectivity index (χ3v) is 3.06. The number of thiophene rings is 1. The molecule has 0 bridgehead atoms. The van der Waals surface area contributed by atoms with E-state index >= 15 is 0 Å². The Morgan fingerprint density at radius 3 is 2.73 bits per heavy atom. The molecular weight excluding hydrogens is 249 g/mol. The van der Waals surface area contributed by atoms with Crippen molar-refractivity contribution < 1.29 is 17.9 Å². The molecule has 6 heteroatoms. The first kappa shape index (κ1) is 10.6. The van der Waals surface area contributed by atoms with Crippen LogP contribution in [0.2, 0.25) is 5.02 Å². The molecule has 1 nitrogen and oxygen atoms in total. The Bertz CT molecular complexity index is 492. The first-order valence-electron chi connectivity index (χ1n) is 3.80. The smallest absolute Gasteiger partial charge is 0.404 e. The predicted molar refractivity (Wildman–Crippen MR) is 52.4 cm³/mol. The van der Waals surface area contributed by atoms with Gasteiger partial charge in [-0.1, -0.05) is 11.6 Å². The fourth-order valence-corrected chi connectivity index (χ4v) is 2.22. The number of rotatable bonds is 1. The van der Waals surface area contributed by atoms with Gasteiger partial charge in [-0.3, -0.25) is 0 Å². The Balaban J connectivity index is 2.48. The highest BCUT2D eigenvalue weighted by Gasteiger charge is 2.32. The van der Waals surface area contributed by atoms with E-state index in [2.05, 4.69) is 10.8 Å². The average Bonchev–Trinajstić information content (AvgIpc) is 2.56. The summed E-state index contributed by atoms with van der Waals surface area (Å²) >= 11 is 6.97. The van der Waals surface area contributed by atoms with Crippen molar-refractivity contribution in [1.82, 2.24) is 0 Å². The van der Waals surface area contributed by atoms with Crippen molar-refractivity contribution in [3.8, 4) is 5.75 Å². The van der Waals surface area contributed by atoms with Crippen molar-refractivity contribution >= 4 is 33.0 Å². The third-order valence-electron chi connectivity index (χ3n) is 1.68. The van der Waals surface area contributed by atoms with Crippen LogP contribution in [0.4, 0.5) is 13.2 Å². The molecule has 1 heterocycles. The molecule has 2 rings (SSSR count). The first-order chi connectivity index (χ1) is 6.97. The highest BCUT2D eigenvalue weighted by atomic mass is 35.5. The molecule has 0 atom stereocenters. The normalized spacial score (nSPS) is 12.0. The molecule has 15 heavy (non-hydrogen) atoms. The van der Waals surface area contributed by atoms with Gasteiger partial charge in [0, 0.05) is 11.5 Å². The van der Waals surface area contributed by atoms with Crippen LogP contribution in [-0.4, -0.2) is 6.36 Å². The highest BCUT2D eigenvalue weighted by molar-refractivity contribution is 7.17. The number of benzene rings is 1. The molecule has 0 N–H and O–H groups in total. The van der Waals surface area contributed by atoms with Gasteiger partial charge in [-0.2, -0.15) is 0 Å². The van der Waals surface area contributed by atoms with Crippen LogP contribution in [0.25, 0.3) is 10.1 Å². The van der Waals surface area contributed by atoms with Crippen LogP contribution in [0, 0.1) is 6.07 Å². The molecule has 79 valence electrons. The van der Waals surface area contributed by atoms with E-state index in [1.165, 1.54) is 23.5 Å². The molecule has 0 aliphatic carbocycles. The average molecular weight is 252 g/mol. The third kappa shape index (κ3) is 2.18. The summed E-state index contributed by atoms with van der Waals surface area (Å²) in [5.74, 6) is -0.382. The zero-order chi connectivity index (χ0) is 11.1. The summed E-state index contributed by atoms with van der Waals surface area (Å²) in [6.07, 6.45) is -4.72. The second-order valence-corrected chi connectivity index (χ2v) is 3.94. The van der Waals surface area contributed by atoms with Gasteiger partial charge in [0.1, 0.15) is 10.8 Å². The van der Waals surface area contributed by atoms with Crippen molar-refractivity contribution in [1.29, 1.82) is 0 Å². The lowest BCUT2D eigenvalue weighted by Crippen LogP contribution is -2.17. The summed E-state index contributed by atoms with van der Waals surface area (Å²) in [6, 6.07) is 5.51. The topological polar surface area (TPSA) is 9.23 Å². The maximum atomic E-state index is 12.0. The summed E-state index contributed by atoms with van der Waals surface area (Å²) in [6.45, 7) is 0. The van der Waals surface area contributed by atoms with Crippen molar-refractivity contribution in [2.24, 2.45) is 0 Å². The van der Waals surface area contributed by atoms with Crippen molar-refractivity contribution in [2.45, 2.75) is 6.36 Å². The van der Waals surface area contributed by atoms with E-state index in [1.807, 2.05) is 0 Å². The van der Waals surface area contributed by atoms with Crippen LogP contribution in [0.15, 0.2) is 17.5 Å². The Hall–Kier alpha value is -0.940. The van der Waals surface area contributed by atoms with Crippen LogP contribution in [-0.2, 0) is 0 Å². The van der Waals surface area contributed by atoms with Crippen LogP contribution in [0.1, 0.15) is 0 Å². The SMILES string of the molecule is FC(F)(F)Oc1ccc2[c]csc2c1Cl. The molecule has 1 aromatic carbocycles. The summed E-state index contributed by atoms with van der Waals surface area (Å²) in [7, 11) is 0. The Labute approximate surface area is 92.0 Å². The number of halogens is 4. The van der Waals surface area contributed by atoms with Gasteiger partial charge in [-0.15, -0.1) is 24.5 Å². The minimum atomic E-state index is -4.72. The van der Waals surface area contributed by atoms with Gasteiger partial charge < -0.3 is 4.74 Å². The standard InChI is InChI=1S/C9H3ClF3OS/c10-7-6(14-9(11,12)13)2-1-5-3-4-15-8(5)7/h1-2,4H. The monoisotopic (exact) mass is 251 g/mol. The molecule has 0 aliphatic rings. The van der Waals surface area contributed by atoms with Gasteiger partial charge in [-0.05, 0) is 17.5 Å². The number of hydrogen-bond acceptors (Lipinski definition) is 2. The lowest BCUT2D eigenvalue weighted by Gasteiger charge is -2.10. The van der Waals surface area contributed by atoms with Crippen LogP contribution >= 0.6 is 22.9 Å². The van der Waals surface area contributed by atoms with Gasteiger partial charge in [0.25, 0.3) is 0 Å². The molecule has 0 spiro atoms. The zero-order valence-corrected chi connectivity index (χ0v) is 8.63. The number of alkyl halides is 3. The Kier molecular flexibility index (Phi) is 2.52. The van der Waals surface area contributed by atoms with E-state index in [0.29, 0.717) is 10.1 Å². The fraction of sp³-hybridized carbons (Fsp3) is 0.111. The molecule has 0 amide bonds. The van der Waals surface area contributed by atoms with E-state index in [-0.39, 0.29) is 10.8 Å². The molecular formula is C9H3ClF3OS. The summed E-state index contributed by atoms with van der Waals surface area (Å²) in [4.78, 5) is 0. The van der Waals surface area contributed by atoms with Gasteiger partial charge in [0.05, 0.1) is 4.70 Å². The predicted octanol–water partition coefficient (Wildman–Crippen LogP) is 4.25. The molecule has 0 fully saturated rings. The maximum Gasteiger partial charge on any atom is 0.573 e. The summed E-state index contributed by atoms with van der Waals surface area (Å²) in [5.41, 5.74) is 0. The highest BCUT2D eigenvalue weighted by Crippen LogP contribution is 2.37. The van der Waals surface area contributed by atoms with Gasteiger partial charge >= 0.3 is 6.36 Å². The van der Waals surface area contributed by atoms with Gasteiger partial charge in [0.15, 0.2) is 0 Å². The Morgan fingerprint density at radius 2 is 2.07 bits per heavy atom. The number of ether oxygens (including phenoxy) is 1. The number of fused-ring (bicyclic) bond motifs is 1. The minimum Gasteiger partial charge on any atom is -0.404 e. The van der Waals surface area contributed by atoms with Crippen molar-refractivity contribution in [3.05, 3.63) is 28.6 Å². The second-order valence-electron chi connectivity index (χ2n) is 2.68. The molecule has 0 saturated heterocycles. The van der Waals surface area contributed by atoms with E-state index in [0.717, 1.165) is 0 Å². The quantitative estimate of drug-likeness (QED) is 0.736. The molecule has 1 aromatic heterocycles. The minimum absolute atomic E-state index is 0.0314. The summed E-state index contributed by atoms with van der Waals surface area (Å²) in [5, 5.41) is 2.28. The van der Waals surface area contributed by atoms with Crippen LogP contribution in [0.3, 0.4) is 0 Å². The first-order valence-corrected chi connectivity index (χ1v) is 5.06. The zero-order valence-electron chi connectivity index (χ0n) is 7.06. The molecule has 0 aliphatic heterocycles. The van der Waals surface area contributed by atoms with E-state index < -0.39 is 6.36 Å². The lowest BCUT2D eigenvalue weighted by atomic mass is 10.2. The molecule has 1 radical (unpaired) electrons. The van der Waals surface area contributed by atoms with Crippen molar-refractivity contribution in [3.63, 3.8) is 0 Å². The molecule has 0 unspecified atom stereocenters. The number of hydrogen-bond donors (Lipinski definition) is 0. The maximum absolute atomic E-state index is 12.0. The van der Waals surface area contributed by atoms with Gasteiger partial charge in [0.2, 0.25) is 0 Å². The van der Waals surface area contributed by atoms with Gasteiger partial charge in [-0.25, -0.2) is 0 Å². The van der Waals surface area contributed by atoms with E-state index in [9.17, 15) is 13.2 Å². The van der Waals surface area contributed by atoms with E-state index in [4.69, 9.17) is 11.6 Å². The van der Waals surface area contributed by atoms with E-state index in [1.54, 1.807) is 5.38 Å². The second kappa shape index (κ2) is 3.57. The Morgan fingerprint density at radius 1 is 1.33 bits per heavy atom. The molecule has 0 saturated carbocycles. The lowest BCUT2D eigenvalue weighted by molar-refractivity contribution is -0.274. The van der Waals surface area contributed by atoms with Crippen molar-refractivity contribution in [2.75, 3.05) is 0 Å². The largest absolute Gasteiger partial charge is 0.573 e. The summed E-state index contributed by atoms with van der Waals surface area (Å²) < 4.78 is 40.2. The van der Waals surface area contributed by atoms with Crippen LogP contribution < -0.4 is 4.74 Å². The van der Waals surface area contributed by atoms with Crippen LogP contribution in [0.5, 0.6) is 5.75 Å².